The molecule has 7 nitrogen and oxygen atoms in total. The number of anilines is 1. The zero-order valence-electron chi connectivity index (χ0n) is 17.7. The topological polar surface area (TPSA) is 95.4 Å². The second-order valence-electron chi connectivity index (χ2n) is 7.53. The van der Waals surface area contributed by atoms with E-state index >= 15 is 0 Å². The maximum Gasteiger partial charge on any atom is 0.203 e. The van der Waals surface area contributed by atoms with Crippen LogP contribution in [-0.2, 0) is 6.54 Å². The molecule has 32 heavy (non-hydrogen) atoms. The number of pyridine rings is 2. The summed E-state index contributed by atoms with van der Waals surface area (Å²) in [5, 5.41) is 12.3. The first-order valence-corrected chi connectivity index (χ1v) is 10.1. The fourth-order valence-electron chi connectivity index (χ4n) is 3.97. The number of methoxy groups -OCH3 is 2. The largest absolute Gasteiger partial charge is 0.497 e. The highest BCUT2D eigenvalue weighted by Gasteiger charge is 2.18. The molecule has 0 aliphatic heterocycles. The van der Waals surface area contributed by atoms with Gasteiger partial charge < -0.3 is 24.9 Å². The van der Waals surface area contributed by atoms with Gasteiger partial charge in [-0.1, -0.05) is 30.3 Å². The second kappa shape index (κ2) is 7.77. The molecule has 0 atom stereocenters. The van der Waals surface area contributed by atoms with Gasteiger partial charge in [-0.05, 0) is 23.8 Å². The van der Waals surface area contributed by atoms with Gasteiger partial charge in [0.05, 0.1) is 49.1 Å². The van der Waals surface area contributed by atoms with Crippen LogP contribution in [0.5, 0.6) is 17.4 Å². The summed E-state index contributed by atoms with van der Waals surface area (Å²) in [6, 6.07) is 15.4. The number of hydrogen-bond donors (Lipinski definition) is 2. The monoisotopic (exact) mass is 426 g/mol. The minimum Gasteiger partial charge on any atom is -0.497 e. The third-order valence-electron chi connectivity index (χ3n) is 5.63. The van der Waals surface area contributed by atoms with E-state index in [2.05, 4.69) is 4.98 Å². The lowest BCUT2D eigenvalue weighted by atomic mass is 10.0. The van der Waals surface area contributed by atoms with Gasteiger partial charge in [0.1, 0.15) is 11.5 Å². The van der Waals surface area contributed by atoms with E-state index in [1.54, 1.807) is 31.2 Å². The Balaban J connectivity index is 1.65. The normalized spacial score (nSPS) is 11.2. The molecule has 0 spiro atoms. The number of nitrogen functional groups attached to an aromatic ring is 1. The van der Waals surface area contributed by atoms with Crippen molar-refractivity contribution in [1.82, 2.24) is 14.5 Å². The molecular weight excluding hydrogens is 404 g/mol. The van der Waals surface area contributed by atoms with Gasteiger partial charge in [-0.25, -0.2) is 4.98 Å². The van der Waals surface area contributed by atoms with Crippen molar-refractivity contribution < 1.29 is 14.6 Å². The molecule has 0 unspecified atom stereocenters. The van der Waals surface area contributed by atoms with Gasteiger partial charge in [-0.2, -0.15) is 0 Å². The van der Waals surface area contributed by atoms with Crippen molar-refractivity contribution >= 4 is 27.5 Å². The third-order valence-corrected chi connectivity index (χ3v) is 5.63. The molecule has 160 valence electrons. The van der Waals surface area contributed by atoms with E-state index in [4.69, 9.17) is 20.2 Å². The van der Waals surface area contributed by atoms with Gasteiger partial charge in [0.25, 0.3) is 0 Å². The predicted octanol–water partition coefficient (Wildman–Crippen LogP) is 4.60. The van der Waals surface area contributed by atoms with Crippen LogP contribution < -0.4 is 15.2 Å². The zero-order chi connectivity index (χ0) is 22.2. The molecule has 0 radical (unpaired) electrons. The molecular formula is C25H22N4O3. The number of para-hydroxylation sites is 1. The third kappa shape index (κ3) is 3.24. The maximum absolute atomic E-state index is 10.9. The van der Waals surface area contributed by atoms with Crippen molar-refractivity contribution in [2.75, 3.05) is 20.0 Å². The molecule has 0 aliphatic carbocycles. The van der Waals surface area contributed by atoms with Gasteiger partial charge in [-0.3, -0.25) is 4.98 Å². The average Bonchev–Trinajstić information content (AvgIpc) is 3.14. The number of ether oxygens (including phenoxy) is 2. The van der Waals surface area contributed by atoms with Crippen LogP contribution in [0.2, 0.25) is 0 Å². The molecule has 7 heteroatoms. The minimum absolute atomic E-state index is 0.0937. The number of aromatic hydroxyl groups is 1. The van der Waals surface area contributed by atoms with Gasteiger partial charge in [0.2, 0.25) is 5.88 Å². The lowest BCUT2D eigenvalue weighted by molar-refractivity contribution is 0.413. The Bertz CT molecular complexity index is 1440. The number of fused-ring (bicyclic) bond motifs is 2. The lowest BCUT2D eigenvalue weighted by Crippen LogP contribution is -1.97. The van der Waals surface area contributed by atoms with E-state index in [1.807, 2.05) is 54.7 Å². The number of rotatable bonds is 5. The van der Waals surface area contributed by atoms with Gasteiger partial charge in [-0.15, -0.1) is 0 Å². The fourth-order valence-corrected chi connectivity index (χ4v) is 3.97. The Kier molecular flexibility index (Phi) is 4.78. The van der Waals surface area contributed by atoms with Crippen molar-refractivity contribution in [2.24, 2.45) is 0 Å². The van der Waals surface area contributed by atoms with Crippen molar-refractivity contribution in [2.45, 2.75) is 6.54 Å². The summed E-state index contributed by atoms with van der Waals surface area (Å²) in [6.07, 6.45) is 5.25. The van der Waals surface area contributed by atoms with Crippen LogP contribution >= 0.6 is 0 Å². The lowest BCUT2D eigenvalue weighted by Gasteiger charge is -2.10. The summed E-state index contributed by atoms with van der Waals surface area (Å²) < 4.78 is 12.3. The molecule has 0 fully saturated rings. The fraction of sp³-hybridized carbons (Fsp3) is 0.120. The standard InChI is InChI=1S/C25H22N4O3/c1-31-17-8-6-15(7-9-17)13-29-14-21-22(25(29)30)23(26)20-5-3-4-19(24(20)28-21)16-10-18(32-2)12-27-11-16/h3-12,14,30H,13,26H2,1-2H3. The molecule has 0 bridgehead atoms. The summed E-state index contributed by atoms with van der Waals surface area (Å²) in [5.41, 5.74) is 11.2. The Labute approximate surface area is 184 Å². The van der Waals surface area contributed by atoms with E-state index in [0.29, 0.717) is 28.9 Å². The summed E-state index contributed by atoms with van der Waals surface area (Å²) in [5.74, 6) is 1.54. The number of benzene rings is 2. The van der Waals surface area contributed by atoms with Crippen LogP contribution in [0.25, 0.3) is 32.9 Å². The van der Waals surface area contributed by atoms with E-state index in [9.17, 15) is 5.11 Å². The first kappa shape index (κ1) is 19.7. The number of hydrogen-bond acceptors (Lipinski definition) is 6. The Morgan fingerprint density at radius 3 is 2.53 bits per heavy atom. The summed E-state index contributed by atoms with van der Waals surface area (Å²) in [6.45, 7) is 0.481. The Hall–Kier alpha value is -4.26. The first-order valence-electron chi connectivity index (χ1n) is 10.1. The smallest absolute Gasteiger partial charge is 0.203 e. The van der Waals surface area contributed by atoms with Gasteiger partial charge in [0, 0.05) is 28.9 Å². The van der Waals surface area contributed by atoms with Crippen molar-refractivity contribution in [3.05, 3.63) is 72.7 Å². The molecule has 2 aromatic carbocycles. The quantitative estimate of drug-likeness (QED) is 0.426. The van der Waals surface area contributed by atoms with Gasteiger partial charge in [0.15, 0.2) is 0 Å². The molecule has 0 aliphatic rings. The van der Waals surface area contributed by atoms with Crippen LogP contribution in [-0.4, -0.2) is 33.9 Å². The Morgan fingerprint density at radius 2 is 1.78 bits per heavy atom. The molecule has 0 saturated carbocycles. The van der Waals surface area contributed by atoms with Crippen LogP contribution in [0.15, 0.2) is 67.1 Å². The number of nitrogens with two attached hydrogens (primary N) is 1. The molecule has 3 N–H and O–H groups in total. The molecule has 5 aromatic rings. The van der Waals surface area contributed by atoms with Crippen molar-refractivity contribution in [3.63, 3.8) is 0 Å². The first-order chi connectivity index (χ1) is 15.6. The van der Waals surface area contributed by atoms with Crippen molar-refractivity contribution in [1.29, 1.82) is 0 Å². The predicted molar refractivity (Wildman–Crippen MR) is 125 cm³/mol. The highest BCUT2D eigenvalue weighted by Crippen LogP contribution is 2.39. The molecule has 0 saturated heterocycles. The summed E-state index contributed by atoms with van der Waals surface area (Å²) in [4.78, 5) is 9.14. The van der Waals surface area contributed by atoms with Crippen LogP contribution in [0.1, 0.15) is 5.56 Å². The van der Waals surface area contributed by atoms with E-state index in [-0.39, 0.29) is 5.88 Å². The molecule has 0 amide bonds. The molecule has 3 heterocycles. The highest BCUT2D eigenvalue weighted by molar-refractivity contribution is 6.12. The van der Waals surface area contributed by atoms with Crippen LogP contribution in [0, 0.1) is 0 Å². The minimum atomic E-state index is 0.0937. The van der Waals surface area contributed by atoms with E-state index < -0.39 is 0 Å². The number of aromatic nitrogens is 3. The van der Waals surface area contributed by atoms with E-state index in [1.165, 1.54) is 0 Å². The van der Waals surface area contributed by atoms with Crippen LogP contribution in [0.3, 0.4) is 0 Å². The zero-order valence-corrected chi connectivity index (χ0v) is 17.7. The summed E-state index contributed by atoms with van der Waals surface area (Å²) >= 11 is 0. The van der Waals surface area contributed by atoms with Gasteiger partial charge >= 0.3 is 0 Å². The second-order valence-corrected chi connectivity index (χ2v) is 7.53. The number of nitrogens with zero attached hydrogens (tertiary/aromatic N) is 3. The maximum atomic E-state index is 10.9. The highest BCUT2D eigenvalue weighted by atomic mass is 16.5. The Morgan fingerprint density at radius 1 is 1.00 bits per heavy atom. The van der Waals surface area contributed by atoms with E-state index in [0.717, 1.165) is 33.3 Å². The van der Waals surface area contributed by atoms with Crippen molar-refractivity contribution in [3.8, 4) is 28.5 Å². The summed E-state index contributed by atoms with van der Waals surface area (Å²) in [7, 11) is 3.24. The SMILES string of the molecule is COc1ccc(Cn2cc3nc4c(-c5cncc(OC)c5)cccc4c(N)c3c2O)cc1. The molecule has 5 rings (SSSR count). The average molecular weight is 426 g/mol. The molecule has 3 aromatic heterocycles. The van der Waals surface area contributed by atoms with Crippen LogP contribution in [0.4, 0.5) is 5.69 Å².